The first-order chi connectivity index (χ1) is 8.09. The number of carbonyl (C=O) groups excluding carboxylic acids is 1. The van der Waals surface area contributed by atoms with Crippen LogP contribution in [-0.4, -0.2) is 29.9 Å². The maximum atomic E-state index is 13.3. The first kappa shape index (κ1) is 15.2. The minimum Gasteiger partial charge on any atom is -0.337 e. The Hall–Kier alpha value is -0.840. The fourth-order valence-electron chi connectivity index (χ4n) is 2.03. The van der Waals surface area contributed by atoms with E-state index in [1.54, 1.807) is 4.90 Å². The van der Waals surface area contributed by atoms with Gasteiger partial charge in [0.25, 0.3) is 5.91 Å². The first-order valence-electron chi connectivity index (χ1n) is 5.58. The van der Waals surface area contributed by atoms with Gasteiger partial charge in [-0.15, -0.1) is 12.4 Å². The summed E-state index contributed by atoms with van der Waals surface area (Å²) in [6, 6.07) is 4.26. The molecule has 18 heavy (non-hydrogen) atoms. The monoisotopic (exact) mass is 292 g/mol. The molecule has 0 aromatic heterocycles. The largest absolute Gasteiger partial charge is 0.337 e. The molecule has 100 valence electrons. The molecule has 6 heteroatoms. The minimum atomic E-state index is -0.571. The molecule has 1 fully saturated rings. The molecule has 1 heterocycles. The molecule has 1 amide bonds. The summed E-state index contributed by atoms with van der Waals surface area (Å²) in [5.41, 5.74) is 6.02. The van der Waals surface area contributed by atoms with Crippen molar-refractivity contribution in [3.63, 3.8) is 0 Å². The van der Waals surface area contributed by atoms with Gasteiger partial charge in [0.2, 0.25) is 0 Å². The Morgan fingerprint density at radius 2 is 2.22 bits per heavy atom. The molecule has 0 saturated carbocycles. The number of nitrogens with two attached hydrogens (primary N) is 1. The van der Waals surface area contributed by atoms with Crippen molar-refractivity contribution >= 4 is 29.9 Å². The highest BCUT2D eigenvalue weighted by Gasteiger charge is 2.24. The fraction of sp³-hybridized carbons (Fsp3) is 0.417. The van der Waals surface area contributed by atoms with Crippen LogP contribution in [0.15, 0.2) is 18.2 Å². The van der Waals surface area contributed by atoms with Crippen molar-refractivity contribution in [2.24, 2.45) is 5.73 Å². The summed E-state index contributed by atoms with van der Waals surface area (Å²) in [4.78, 5) is 13.8. The number of likely N-dealkylation sites (tertiary alicyclic amines) is 1. The normalized spacial score (nSPS) is 19.3. The van der Waals surface area contributed by atoms with Crippen molar-refractivity contribution in [2.45, 2.75) is 18.9 Å². The van der Waals surface area contributed by atoms with Crippen molar-refractivity contribution in [3.8, 4) is 0 Å². The summed E-state index contributed by atoms with van der Waals surface area (Å²) in [5.74, 6) is -0.816. The van der Waals surface area contributed by atoms with E-state index < -0.39 is 5.82 Å². The van der Waals surface area contributed by atoms with E-state index in [1.165, 1.54) is 18.2 Å². The summed E-state index contributed by atoms with van der Waals surface area (Å²) in [5, 5.41) is -0.114. The van der Waals surface area contributed by atoms with Gasteiger partial charge >= 0.3 is 0 Å². The summed E-state index contributed by atoms with van der Waals surface area (Å²) in [6.45, 7) is 1.16. The lowest BCUT2D eigenvalue weighted by molar-refractivity contribution is 0.0708. The average Bonchev–Trinajstić information content (AvgIpc) is 2.32. The van der Waals surface area contributed by atoms with Gasteiger partial charge < -0.3 is 10.6 Å². The molecular formula is C12H15Cl2FN2O. The van der Waals surface area contributed by atoms with E-state index >= 15 is 0 Å². The second-order valence-corrected chi connectivity index (χ2v) is 4.63. The average molecular weight is 293 g/mol. The van der Waals surface area contributed by atoms with Gasteiger partial charge in [0.1, 0.15) is 5.82 Å². The van der Waals surface area contributed by atoms with Crippen LogP contribution in [0.3, 0.4) is 0 Å². The molecule has 2 rings (SSSR count). The quantitative estimate of drug-likeness (QED) is 0.864. The van der Waals surface area contributed by atoms with Crippen LogP contribution in [-0.2, 0) is 0 Å². The van der Waals surface area contributed by atoms with Crippen molar-refractivity contribution in [2.75, 3.05) is 13.1 Å². The lowest BCUT2D eigenvalue weighted by Gasteiger charge is -2.31. The number of rotatable bonds is 1. The molecule has 2 N–H and O–H groups in total. The van der Waals surface area contributed by atoms with Gasteiger partial charge in [0, 0.05) is 19.1 Å². The van der Waals surface area contributed by atoms with Gasteiger partial charge in [-0.05, 0) is 25.0 Å². The SMILES string of the molecule is Cl.NC1CCCN(C(=O)c2cccc(F)c2Cl)C1. The second kappa shape index (κ2) is 6.36. The number of nitrogens with zero attached hydrogens (tertiary/aromatic N) is 1. The van der Waals surface area contributed by atoms with E-state index in [1.807, 2.05) is 0 Å². The number of benzene rings is 1. The van der Waals surface area contributed by atoms with Crippen molar-refractivity contribution in [1.82, 2.24) is 4.90 Å². The Kier molecular flexibility index (Phi) is 5.38. The number of hydrogen-bond donors (Lipinski definition) is 1. The third-order valence-corrected chi connectivity index (χ3v) is 3.31. The van der Waals surface area contributed by atoms with Gasteiger partial charge in [-0.2, -0.15) is 0 Å². The molecule has 0 bridgehead atoms. The number of piperidine rings is 1. The van der Waals surface area contributed by atoms with Crippen LogP contribution in [0.1, 0.15) is 23.2 Å². The zero-order chi connectivity index (χ0) is 12.4. The standard InChI is InChI=1S/C12H14ClFN2O.ClH/c13-11-9(4-1-5-10(11)14)12(17)16-6-2-3-8(15)7-16;/h1,4-5,8H,2-3,6-7,15H2;1H. The van der Waals surface area contributed by atoms with Crippen molar-refractivity contribution < 1.29 is 9.18 Å². The van der Waals surface area contributed by atoms with E-state index in [9.17, 15) is 9.18 Å². The lowest BCUT2D eigenvalue weighted by atomic mass is 10.1. The fourth-order valence-corrected chi connectivity index (χ4v) is 2.24. The number of carbonyl (C=O) groups is 1. The summed E-state index contributed by atoms with van der Waals surface area (Å²) >= 11 is 5.79. The molecule has 1 unspecified atom stereocenters. The predicted octanol–water partition coefficient (Wildman–Crippen LogP) is 2.46. The molecule has 1 aliphatic rings. The zero-order valence-corrected chi connectivity index (χ0v) is 11.3. The molecule has 1 aromatic carbocycles. The number of amides is 1. The molecule has 0 radical (unpaired) electrons. The molecule has 1 aliphatic heterocycles. The van der Waals surface area contributed by atoms with Crippen LogP contribution < -0.4 is 5.73 Å². The Bertz CT molecular complexity index is 442. The Morgan fingerprint density at radius 3 is 2.89 bits per heavy atom. The topological polar surface area (TPSA) is 46.3 Å². The highest BCUT2D eigenvalue weighted by molar-refractivity contribution is 6.34. The summed E-state index contributed by atoms with van der Waals surface area (Å²) < 4.78 is 13.3. The maximum Gasteiger partial charge on any atom is 0.255 e. The first-order valence-corrected chi connectivity index (χ1v) is 5.96. The lowest BCUT2D eigenvalue weighted by Crippen LogP contribution is -2.45. The molecule has 1 atom stereocenters. The smallest absolute Gasteiger partial charge is 0.255 e. The maximum absolute atomic E-state index is 13.3. The summed E-state index contributed by atoms with van der Waals surface area (Å²) in [7, 11) is 0. The van der Waals surface area contributed by atoms with Crippen LogP contribution in [0.2, 0.25) is 5.02 Å². The zero-order valence-electron chi connectivity index (χ0n) is 9.73. The van der Waals surface area contributed by atoms with Crippen LogP contribution in [0, 0.1) is 5.82 Å². The predicted molar refractivity (Wildman–Crippen MR) is 71.8 cm³/mol. The number of halogens is 3. The number of hydrogen-bond acceptors (Lipinski definition) is 2. The van der Waals surface area contributed by atoms with E-state index in [4.69, 9.17) is 17.3 Å². The molecule has 3 nitrogen and oxygen atoms in total. The van der Waals surface area contributed by atoms with Crippen LogP contribution in [0.5, 0.6) is 0 Å². The van der Waals surface area contributed by atoms with E-state index in [0.29, 0.717) is 13.1 Å². The molecule has 1 aromatic rings. The third kappa shape index (κ3) is 3.13. The molecular weight excluding hydrogens is 278 g/mol. The van der Waals surface area contributed by atoms with Gasteiger partial charge in [-0.1, -0.05) is 17.7 Å². The van der Waals surface area contributed by atoms with E-state index in [0.717, 1.165) is 12.8 Å². The Balaban J connectivity index is 0.00000162. The van der Waals surface area contributed by atoms with Crippen LogP contribution in [0.25, 0.3) is 0 Å². The third-order valence-electron chi connectivity index (χ3n) is 2.93. The van der Waals surface area contributed by atoms with Crippen LogP contribution in [0.4, 0.5) is 4.39 Å². The molecule has 0 spiro atoms. The van der Waals surface area contributed by atoms with E-state index in [2.05, 4.69) is 0 Å². The van der Waals surface area contributed by atoms with Gasteiger partial charge in [0.05, 0.1) is 10.6 Å². The van der Waals surface area contributed by atoms with Gasteiger partial charge in [-0.25, -0.2) is 4.39 Å². The minimum absolute atomic E-state index is 0. The molecule has 0 aliphatic carbocycles. The summed E-state index contributed by atoms with van der Waals surface area (Å²) in [6.07, 6.45) is 1.79. The highest BCUT2D eigenvalue weighted by atomic mass is 35.5. The second-order valence-electron chi connectivity index (χ2n) is 4.25. The molecule has 1 saturated heterocycles. The Morgan fingerprint density at radius 1 is 1.50 bits per heavy atom. The van der Waals surface area contributed by atoms with Crippen molar-refractivity contribution in [1.29, 1.82) is 0 Å². The van der Waals surface area contributed by atoms with E-state index in [-0.39, 0.29) is 34.9 Å². The van der Waals surface area contributed by atoms with Crippen molar-refractivity contribution in [3.05, 3.63) is 34.6 Å². The Labute approximate surface area is 116 Å². The van der Waals surface area contributed by atoms with Gasteiger partial charge in [-0.3, -0.25) is 4.79 Å². The highest BCUT2D eigenvalue weighted by Crippen LogP contribution is 2.22. The van der Waals surface area contributed by atoms with Gasteiger partial charge in [0.15, 0.2) is 0 Å². The van der Waals surface area contributed by atoms with Crippen LogP contribution >= 0.6 is 24.0 Å².